The van der Waals surface area contributed by atoms with Gasteiger partial charge in [0.2, 0.25) is 0 Å². The van der Waals surface area contributed by atoms with Gasteiger partial charge in [-0.15, -0.1) is 0 Å². The lowest BCUT2D eigenvalue weighted by Gasteiger charge is -2.18. The lowest BCUT2D eigenvalue weighted by molar-refractivity contribution is 0.192. The molecule has 0 fully saturated rings. The summed E-state index contributed by atoms with van der Waals surface area (Å²) in [5.41, 5.74) is 1.24. The van der Waals surface area contributed by atoms with E-state index in [9.17, 15) is 0 Å². The molecule has 0 N–H and O–H groups in total. The summed E-state index contributed by atoms with van der Waals surface area (Å²) in [4.78, 5) is 4.35. The van der Waals surface area contributed by atoms with Crippen LogP contribution in [-0.4, -0.2) is 50.6 Å². The highest BCUT2D eigenvalue weighted by Gasteiger charge is 2.03. The maximum Gasteiger partial charge on any atom is 0.115 e. The van der Waals surface area contributed by atoms with Crippen LogP contribution >= 0.6 is 0 Å². The highest BCUT2D eigenvalue weighted by molar-refractivity contribution is 5.29. The summed E-state index contributed by atoms with van der Waals surface area (Å²) < 4.78 is 5.75. The van der Waals surface area contributed by atoms with Gasteiger partial charge in [-0.25, -0.2) is 0 Å². The van der Waals surface area contributed by atoms with Crippen LogP contribution in [0, 0.1) is 0 Å². The molecule has 0 aromatic rings. The van der Waals surface area contributed by atoms with Crippen molar-refractivity contribution in [3.8, 4) is 0 Å². The zero-order chi connectivity index (χ0) is 16.1. The van der Waals surface area contributed by atoms with Crippen LogP contribution in [0.3, 0.4) is 0 Å². The number of allylic oxidation sites excluding steroid dienone is 5. The molecule has 3 nitrogen and oxygen atoms in total. The van der Waals surface area contributed by atoms with E-state index >= 15 is 0 Å². The predicted molar refractivity (Wildman–Crippen MR) is 93.2 cm³/mol. The fraction of sp³-hybridized carbons (Fsp3) is 0.556. The molecule has 0 saturated carbocycles. The minimum atomic E-state index is 0.729. The minimum absolute atomic E-state index is 0.729. The molecule has 0 atom stereocenters. The molecule has 1 aliphatic rings. The van der Waals surface area contributed by atoms with E-state index in [4.69, 9.17) is 4.74 Å². The molecule has 0 radical (unpaired) electrons. The Labute approximate surface area is 131 Å². The van der Waals surface area contributed by atoms with Crippen molar-refractivity contribution in [1.82, 2.24) is 9.80 Å². The summed E-state index contributed by atoms with van der Waals surface area (Å²) in [6.07, 6.45) is 13.7. The van der Waals surface area contributed by atoms with Crippen LogP contribution in [0.15, 0.2) is 47.9 Å². The SMILES string of the molecule is C/C=C\CN(C)C1=CCC=C(OCCN(C)C)C=C1.CC. The first kappa shape index (κ1) is 19.5. The highest BCUT2D eigenvalue weighted by Crippen LogP contribution is 2.14. The molecule has 1 rings (SSSR count). The number of hydrogen-bond acceptors (Lipinski definition) is 3. The third kappa shape index (κ3) is 9.14. The number of rotatable bonds is 7. The monoisotopic (exact) mass is 292 g/mol. The Hall–Kier alpha value is -1.48. The minimum Gasteiger partial charge on any atom is -0.493 e. The van der Waals surface area contributed by atoms with Crippen molar-refractivity contribution in [2.24, 2.45) is 0 Å². The lowest BCUT2D eigenvalue weighted by atomic mass is 10.3. The van der Waals surface area contributed by atoms with Crippen LogP contribution in [-0.2, 0) is 4.74 Å². The zero-order valence-corrected chi connectivity index (χ0v) is 14.6. The molecule has 1 aliphatic carbocycles. The molecule has 120 valence electrons. The van der Waals surface area contributed by atoms with Gasteiger partial charge in [0.15, 0.2) is 0 Å². The van der Waals surface area contributed by atoms with Gasteiger partial charge in [-0.1, -0.05) is 32.1 Å². The smallest absolute Gasteiger partial charge is 0.115 e. The first-order valence-corrected chi connectivity index (χ1v) is 7.81. The van der Waals surface area contributed by atoms with E-state index in [-0.39, 0.29) is 0 Å². The van der Waals surface area contributed by atoms with Crippen molar-refractivity contribution in [3.63, 3.8) is 0 Å². The topological polar surface area (TPSA) is 15.7 Å². The molecule has 0 spiro atoms. The van der Waals surface area contributed by atoms with E-state index < -0.39 is 0 Å². The Bertz CT molecular complexity index is 379. The van der Waals surface area contributed by atoms with E-state index in [0.29, 0.717) is 0 Å². The molecule has 3 heteroatoms. The zero-order valence-electron chi connectivity index (χ0n) is 14.6. The average molecular weight is 292 g/mol. The summed E-state index contributed by atoms with van der Waals surface area (Å²) >= 11 is 0. The van der Waals surface area contributed by atoms with Gasteiger partial charge in [-0.3, -0.25) is 0 Å². The maximum atomic E-state index is 5.75. The Morgan fingerprint density at radius 1 is 1.14 bits per heavy atom. The van der Waals surface area contributed by atoms with Crippen molar-refractivity contribution in [3.05, 3.63) is 47.9 Å². The fourth-order valence-electron chi connectivity index (χ4n) is 1.70. The quantitative estimate of drug-likeness (QED) is 0.663. The van der Waals surface area contributed by atoms with Gasteiger partial charge in [0.1, 0.15) is 12.4 Å². The Morgan fingerprint density at radius 3 is 2.48 bits per heavy atom. The summed E-state index contributed by atoms with van der Waals surface area (Å²) in [6, 6.07) is 0. The van der Waals surface area contributed by atoms with Gasteiger partial charge < -0.3 is 14.5 Å². The van der Waals surface area contributed by atoms with E-state index in [1.807, 2.05) is 20.8 Å². The Kier molecular flexibility index (Phi) is 11.4. The average Bonchev–Trinajstić information content (AvgIpc) is 2.72. The number of nitrogens with zero attached hydrogens (tertiary/aromatic N) is 2. The molecule has 0 saturated heterocycles. The normalized spacial score (nSPS) is 14.2. The van der Waals surface area contributed by atoms with Gasteiger partial charge in [0.05, 0.1) is 0 Å². The van der Waals surface area contributed by atoms with Crippen molar-refractivity contribution in [1.29, 1.82) is 0 Å². The summed E-state index contributed by atoms with van der Waals surface area (Å²) in [5.74, 6) is 0.965. The molecule has 0 aromatic heterocycles. The van der Waals surface area contributed by atoms with Gasteiger partial charge in [0, 0.05) is 25.8 Å². The molecule has 0 aliphatic heterocycles. The van der Waals surface area contributed by atoms with E-state index in [1.165, 1.54) is 5.70 Å². The molecule has 0 unspecified atom stereocenters. The number of hydrogen-bond donors (Lipinski definition) is 0. The number of ether oxygens (including phenoxy) is 1. The van der Waals surface area contributed by atoms with E-state index in [1.54, 1.807) is 0 Å². The second kappa shape index (κ2) is 12.3. The molecule has 0 aromatic carbocycles. The van der Waals surface area contributed by atoms with Gasteiger partial charge >= 0.3 is 0 Å². The Balaban J connectivity index is 0.00000191. The van der Waals surface area contributed by atoms with Crippen molar-refractivity contribution in [2.45, 2.75) is 27.2 Å². The third-order valence-electron chi connectivity index (χ3n) is 2.93. The van der Waals surface area contributed by atoms with E-state index in [2.05, 4.69) is 67.4 Å². The largest absolute Gasteiger partial charge is 0.493 e. The Morgan fingerprint density at radius 2 is 1.86 bits per heavy atom. The lowest BCUT2D eigenvalue weighted by Crippen LogP contribution is -2.17. The van der Waals surface area contributed by atoms with Crippen LogP contribution in [0.1, 0.15) is 27.2 Å². The standard InChI is InChI=1S/C16H26N2O.C2H6/c1-5-6-12-18(4)15-8-7-9-16(11-10-15)19-14-13-17(2)3;1-2/h5-6,8-11H,7,12-14H2,1-4H3;1-2H3/b6-5-;. The van der Waals surface area contributed by atoms with Crippen LogP contribution in [0.5, 0.6) is 0 Å². The third-order valence-corrected chi connectivity index (χ3v) is 2.93. The fourth-order valence-corrected chi connectivity index (χ4v) is 1.70. The molecular weight excluding hydrogens is 260 g/mol. The van der Waals surface area contributed by atoms with Gasteiger partial charge in [0.25, 0.3) is 0 Å². The first-order valence-electron chi connectivity index (χ1n) is 7.81. The summed E-state index contributed by atoms with van der Waals surface area (Å²) in [6.45, 7) is 8.65. The highest BCUT2D eigenvalue weighted by atomic mass is 16.5. The molecule has 0 heterocycles. The van der Waals surface area contributed by atoms with E-state index in [0.717, 1.165) is 31.9 Å². The van der Waals surface area contributed by atoms with Crippen molar-refractivity contribution >= 4 is 0 Å². The van der Waals surface area contributed by atoms with Crippen LogP contribution in [0.2, 0.25) is 0 Å². The van der Waals surface area contributed by atoms with Gasteiger partial charge in [-0.05, 0) is 45.7 Å². The summed E-state index contributed by atoms with van der Waals surface area (Å²) in [7, 11) is 6.21. The molecule has 0 bridgehead atoms. The van der Waals surface area contributed by atoms with Crippen molar-refractivity contribution < 1.29 is 4.74 Å². The molecule has 0 amide bonds. The second-order valence-electron chi connectivity index (χ2n) is 4.91. The predicted octanol–water partition coefficient (Wildman–Crippen LogP) is 3.83. The molecular formula is C18H32N2O. The number of likely N-dealkylation sites (N-methyl/N-ethyl adjacent to an activating group) is 2. The van der Waals surface area contributed by atoms with Gasteiger partial charge in [-0.2, -0.15) is 0 Å². The second-order valence-corrected chi connectivity index (χ2v) is 4.91. The van der Waals surface area contributed by atoms with Crippen LogP contribution in [0.25, 0.3) is 0 Å². The van der Waals surface area contributed by atoms with Crippen LogP contribution < -0.4 is 0 Å². The summed E-state index contributed by atoms with van der Waals surface area (Å²) in [5, 5.41) is 0. The van der Waals surface area contributed by atoms with Crippen LogP contribution in [0.4, 0.5) is 0 Å². The maximum absolute atomic E-state index is 5.75. The molecule has 21 heavy (non-hydrogen) atoms. The first-order chi connectivity index (χ1) is 10.1. The van der Waals surface area contributed by atoms with Crippen molar-refractivity contribution in [2.75, 3.05) is 40.8 Å².